The summed E-state index contributed by atoms with van der Waals surface area (Å²) >= 11 is 0. The van der Waals surface area contributed by atoms with Crippen LogP contribution in [-0.2, 0) is 0 Å². The number of rotatable bonds is 12. The Labute approximate surface area is 279 Å². The molecule has 0 aliphatic heterocycles. The van der Waals surface area contributed by atoms with Crippen molar-refractivity contribution < 1.29 is 4.39 Å². The molecule has 2 atom stereocenters. The molecule has 0 fully saturated rings. The first-order chi connectivity index (χ1) is 22.0. The lowest BCUT2D eigenvalue weighted by molar-refractivity contribution is 0.502. The topological polar surface area (TPSA) is 37.0 Å². The highest BCUT2D eigenvalue weighted by Crippen LogP contribution is 2.31. The third-order valence-electron chi connectivity index (χ3n) is 9.17. The number of hydrogen-bond acceptors (Lipinski definition) is 3. The van der Waals surface area contributed by atoms with Crippen LogP contribution in [0.2, 0.25) is 0 Å². The molecule has 0 aliphatic rings. The zero-order valence-electron chi connectivity index (χ0n) is 30.4. The molecule has 0 saturated carbocycles. The van der Waals surface area contributed by atoms with Crippen molar-refractivity contribution in [2.75, 3.05) is 6.54 Å². The van der Waals surface area contributed by atoms with Crippen LogP contribution in [-0.4, -0.2) is 11.5 Å². The molecular formula is C42H58FN3. The summed E-state index contributed by atoms with van der Waals surface area (Å²) in [5.41, 5.74) is 10.4. The average molecular weight is 624 g/mol. The number of nitrogens with one attached hydrogen (secondary N) is 2. The molecule has 3 nitrogen and oxygen atoms in total. The molecule has 1 aromatic heterocycles. The summed E-state index contributed by atoms with van der Waals surface area (Å²) in [6, 6.07) is 16.7. The van der Waals surface area contributed by atoms with E-state index in [1.165, 1.54) is 29.7 Å². The van der Waals surface area contributed by atoms with Gasteiger partial charge in [-0.05, 0) is 124 Å². The molecule has 2 aromatic carbocycles. The molecule has 3 aromatic rings. The minimum absolute atomic E-state index is 0.254. The summed E-state index contributed by atoms with van der Waals surface area (Å²) in [7, 11) is 0. The van der Waals surface area contributed by atoms with E-state index in [0.29, 0.717) is 17.2 Å². The predicted molar refractivity (Wildman–Crippen MR) is 201 cm³/mol. The van der Waals surface area contributed by atoms with Crippen molar-refractivity contribution in [3.05, 3.63) is 94.1 Å². The molecule has 0 radical (unpaired) electrons. The molecule has 3 rings (SSSR count). The van der Waals surface area contributed by atoms with Gasteiger partial charge in [-0.15, -0.1) is 0 Å². The second kappa shape index (κ2) is 19.6. The normalized spacial score (nSPS) is 13.8. The van der Waals surface area contributed by atoms with Gasteiger partial charge in [0.2, 0.25) is 0 Å². The Kier molecular flexibility index (Phi) is 16.4. The summed E-state index contributed by atoms with van der Waals surface area (Å²) in [5, 5.41) is 7.73. The molecule has 4 heteroatoms. The number of nitrogens with zero attached hydrogens (tertiary/aromatic N) is 1. The van der Waals surface area contributed by atoms with Gasteiger partial charge in [0.15, 0.2) is 0 Å². The molecule has 0 aliphatic carbocycles. The van der Waals surface area contributed by atoms with Gasteiger partial charge < -0.3 is 10.6 Å². The van der Waals surface area contributed by atoms with Crippen LogP contribution in [0.25, 0.3) is 27.7 Å². The number of pyridine rings is 1. The van der Waals surface area contributed by atoms with E-state index in [1.807, 2.05) is 51.2 Å². The van der Waals surface area contributed by atoms with Crippen molar-refractivity contribution in [2.45, 2.75) is 114 Å². The Morgan fingerprint density at radius 1 is 0.935 bits per heavy atom. The summed E-state index contributed by atoms with van der Waals surface area (Å²) < 4.78 is 15.1. The molecule has 0 saturated heterocycles. The van der Waals surface area contributed by atoms with Crippen molar-refractivity contribution in [3.8, 4) is 12.0 Å². The van der Waals surface area contributed by atoms with Gasteiger partial charge in [0, 0.05) is 41.9 Å². The summed E-state index contributed by atoms with van der Waals surface area (Å²) in [4.78, 5) is 4.61. The quantitative estimate of drug-likeness (QED) is 0.120. The lowest BCUT2D eigenvalue weighted by atomic mass is 9.93. The minimum Gasteiger partial charge on any atom is -0.389 e. The third-order valence-corrected chi connectivity index (χ3v) is 9.17. The van der Waals surface area contributed by atoms with E-state index in [1.54, 1.807) is 6.07 Å². The maximum atomic E-state index is 15.1. The van der Waals surface area contributed by atoms with Crippen molar-refractivity contribution >= 4 is 27.7 Å². The minimum atomic E-state index is -0.254. The summed E-state index contributed by atoms with van der Waals surface area (Å²) in [5.74, 6) is 3.99. The van der Waals surface area contributed by atoms with Crippen LogP contribution in [0.3, 0.4) is 0 Å². The van der Waals surface area contributed by atoms with Crippen molar-refractivity contribution in [3.63, 3.8) is 0 Å². The zero-order valence-corrected chi connectivity index (χ0v) is 30.4. The van der Waals surface area contributed by atoms with Gasteiger partial charge in [-0.1, -0.05) is 77.7 Å². The number of aromatic nitrogens is 1. The van der Waals surface area contributed by atoms with Gasteiger partial charge in [-0.3, -0.25) is 4.98 Å². The number of benzene rings is 2. The number of halogens is 1. The van der Waals surface area contributed by atoms with Gasteiger partial charge in [-0.25, -0.2) is 4.39 Å². The summed E-state index contributed by atoms with van der Waals surface area (Å²) in [6.07, 6.45) is 9.44. The fourth-order valence-corrected chi connectivity index (χ4v) is 4.85. The smallest absolute Gasteiger partial charge is 0.132 e. The standard InChI is InChI=1S/C30H33FN2.C12H25N/c1-7-10-15-32-30(27-18-23(20(4)8-2)11-13-28(27)31)22(6)24-12-14-29-25(16-24)17-26(19-33-29)21(5)9-3;1-6-10(3)8-9-13-12(5)11(4)7-2/h9,11-14,16-20,32H,7-8H2,1-6H3;10,13H,6-9H2,1-5H3/b21-9+,30-22+;. The van der Waals surface area contributed by atoms with Crippen LogP contribution < -0.4 is 10.6 Å². The van der Waals surface area contributed by atoms with Gasteiger partial charge in [0.05, 0.1) is 11.2 Å². The Bertz CT molecular complexity index is 1580. The molecule has 2 unspecified atom stereocenters. The van der Waals surface area contributed by atoms with Crippen molar-refractivity contribution in [1.29, 1.82) is 0 Å². The predicted octanol–water partition coefficient (Wildman–Crippen LogP) is 11.9. The molecule has 46 heavy (non-hydrogen) atoms. The van der Waals surface area contributed by atoms with E-state index in [0.717, 1.165) is 64.9 Å². The maximum absolute atomic E-state index is 15.1. The second-order valence-corrected chi connectivity index (χ2v) is 12.4. The van der Waals surface area contributed by atoms with Crippen LogP contribution in [0, 0.1) is 23.7 Å². The SMILES string of the molecule is C/C=C(\C)c1cnc2ccc(/C(C)=C(/NC#CCC)c3cc(C(C)CC)ccc3F)cc2c1.CCC(C)=C(C)NCCC(C)CC. The Balaban J connectivity index is 0.000000479. The molecule has 1 heterocycles. The zero-order chi connectivity index (χ0) is 34.2. The highest BCUT2D eigenvalue weighted by molar-refractivity contribution is 5.93. The van der Waals surface area contributed by atoms with Crippen LogP contribution >= 0.6 is 0 Å². The van der Waals surface area contributed by atoms with E-state index in [9.17, 15) is 0 Å². The number of fused-ring (bicyclic) bond motifs is 1. The molecule has 2 N–H and O–H groups in total. The van der Waals surface area contributed by atoms with E-state index in [4.69, 9.17) is 0 Å². The highest BCUT2D eigenvalue weighted by atomic mass is 19.1. The van der Waals surface area contributed by atoms with Crippen molar-refractivity contribution in [2.24, 2.45) is 5.92 Å². The average Bonchev–Trinajstić information content (AvgIpc) is 3.08. The largest absolute Gasteiger partial charge is 0.389 e. The number of allylic oxidation sites excluding steroid dienone is 5. The first kappa shape index (κ1) is 38.3. The van der Waals surface area contributed by atoms with E-state index in [2.05, 4.69) is 101 Å². The van der Waals surface area contributed by atoms with Crippen LogP contribution in [0.5, 0.6) is 0 Å². The fraction of sp³-hybridized carbons (Fsp3) is 0.452. The van der Waals surface area contributed by atoms with Crippen molar-refractivity contribution in [1.82, 2.24) is 15.6 Å². The van der Waals surface area contributed by atoms with Crippen LogP contribution in [0.15, 0.2) is 66.0 Å². The third kappa shape index (κ3) is 11.2. The van der Waals surface area contributed by atoms with Crippen LogP contribution in [0.4, 0.5) is 4.39 Å². The van der Waals surface area contributed by atoms with E-state index < -0.39 is 0 Å². The lowest BCUT2D eigenvalue weighted by Crippen LogP contribution is -2.16. The molecule has 0 bridgehead atoms. The van der Waals surface area contributed by atoms with Gasteiger partial charge >= 0.3 is 0 Å². The van der Waals surface area contributed by atoms with Gasteiger partial charge in [0.1, 0.15) is 5.82 Å². The molecule has 0 amide bonds. The number of hydrogen-bond donors (Lipinski definition) is 2. The first-order valence-electron chi connectivity index (χ1n) is 17.2. The maximum Gasteiger partial charge on any atom is 0.132 e. The molecule has 248 valence electrons. The fourth-order valence-electron chi connectivity index (χ4n) is 4.85. The van der Waals surface area contributed by atoms with E-state index >= 15 is 4.39 Å². The van der Waals surface area contributed by atoms with Crippen LogP contribution in [0.1, 0.15) is 136 Å². The highest BCUT2D eigenvalue weighted by Gasteiger charge is 2.15. The summed E-state index contributed by atoms with van der Waals surface area (Å²) in [6.45, 7) is 24.7. The van der Waals surface area contributed by atoms with E-state index in [-0.39, 0.29) is 5.82 Å². The monoisotopic (exact) mass is 623 g/mol. The first-order valence-corrected chi connectivity index (χ1v) is 17.2. The Morgan fingerprint density at radius 3 is 2.28 bits per heavy atom. The Morgan fingerprint density at radius 2 is 1.65 bits per heavy atom. The Hall–Kier alpha value is -3.84. The lowest BCUT2D eigenvalue weighted by Gasteiger charge is -2.16. The molecule has 0 spiro atoms. The van der Waals surface area contributed by atoms with Gasteiger partial charge in [-0.2, -0.15) is 0 Å². The van der Waals surface area contributed by atoms with Gasteiger partial charge in [0.25, 0.3) is 0 Å². The molecular weight excluding hydrogens is 565 g/mol. The second-order valence-electron chi connectivity index (χ2n) is 12.4.